The van der Waals surface area contributed by atoms with E-state index >= 15 is 0 Å². The van der Waals surface area contributed by atoms with Crippen LogP contribution >= 0.6 is 0 Å². The molecule has 0 aliphatic rings. The number of aliphatic hydroxyl groups is 3. The van der Waals surface area contributed by atoms with Crippen molar-refractivity contribution in [3.05, 3.63) is 0 Å². The summed E-state index contributed by atoms with van der Waals surface area (Å²) in [5.74, 6) is 0. The highest BCUT2D eigenvalue weighted by molar-refractivity contribution is 5.62. The maximum absolute atomic E-state index is 9.73. The monoisotopic (exact) mass is 148 g/mol. The highest BCUT2D eigenvalue weighted by Gasteiger charge is 2.22. The molecule has 0 aromatic carbocycles. The van der Waals surface area contributed by atoms with Crippen molar-refractivity contribution in [2.45, 2.75) is 18.3 Å². The van der Waals surface area contributed by atoms with Gasteiger partial charge in [-0.3, -0.25) is 0 Å². The van der Waals surface area contributed by atoms with E-state index in [1.54, 1.807) is 0 Å². The topological polar surface area (TPSA) is 94.8 Å². The van der Waals surface area contributed by atoms with Gasteiger partial charge in [0.15, 0.2) is 12.6 Å². The fourth-order valence-corrected chi connectivity index (χ4v) is 0.363. The molecule has 0 aliphatic heterocycles. The molecule has 0 rings (SSSR count). The van der Waals surface area contributed by atoms with Crippen molar-refractivity contribution in [2.75, 3.05) is 0 Å². The Morgan fingerprint density at radius 2 is 1.20 bits per heavy atom. The number of carbonyl (C=O) groups is 2. The zero-order valence-electron chi connectivity index (χ0n) is 5.04. The third-order valence-electron chi connectivity index (χ3n) is 0.979. The fraction of sp³-hybridized carbons (Fsp3) is 0.600. The normalized spacial score (nSPS) is 19.1. The lowest BCUT2D eigenvalue weighted by atomic mass is 10.1. The molecule has 0 bridgehead atoms. The van der Waals surface area contributed by atoms with Gasteiger partial charge in [0.25, 0.3) is 0 Å². The summed E-state index contributed by atoms with van der Waals surface area (Å²) in [6.45, 7) is 0. The molecule has 5 nitrogen and oxygen atoms in total. The van der Waals surface area contributed by atoms with Crippen LogP contribution in [-0.2, 0) is 9.59 Å². The molecule has 0 saturated heterocycles. The highest BCUT2D eigenvalue weighted by Crippen LogP contribution is 1.94. The van der Waals surface area contributed by atoms with E-state index in [0.29, 0.717) is 0 Å². The molecule has 3 atom stereocenters. The Balaban J connectivity index is 3.91. The molecule has 3 N–H and O–H groups in total. The second-order valence-electron chi connectivity index (χ2n) is 1.74. The van der Waals surface area contributed by atoms with E-state index in [1.807, 2.05) is 0 Å². The van der Waals surface area contributed by atoms with Crippen LogP contribution < -0.4 is 0 Å². The smallest absolute Gasteiger partial charge is 0.151 e. The molecule has 0 radical (unpaired) electrons. The molecule has 0 spiro atoms. The van der Waals surface area contributed by atoms with E-state index in [9.17, 15) is 9.59 Å². The Labute approximate surface area is 56.9 Å². The molecule has 0 aromatic rings. The van der Waals surface area contributed by atoms with Gasteiger partial charge in [-0.2, -0.15) is 0 Å². The average Bonchev–Trinajstić information content (AvgIpc) is 2.00. The Morgan fingerprint density at radius 1 is 0.900 bits per heavy atom. The van der Waals surface area contributed by atoms with Crippen molar-refractivity contribution in [3.8, 4) is 0 Å². The summed E-state index contributed by atoms with van der Waals surface area (Å²) in [6.07, 6.45) is -5.06. The maximum Gasteiger partial charge on any atom is 0.151 e. The van der Waals surface area contributed by atoms with Gasteiger partial charge in [-0.25, -0.2) is 0 Å². The van der Waals surface area contributed by atoms with Crippen molar-refractivity contribution in [3.63, 3.8) is 0 Å². The lowest BCUT2D eigenvalue weighted by Gasteiger charge is -2.13. The van der Waals surface area contributed by atoms with Crippen LogP contribution in [0.4, 0.5) is 0 Å². The highest BCUT2D eigenvalue weighted by atomic mass is 16.4. The lowest BCUT2D eigenvalue weighted by molar-refractivity contribution is -0.133. The molecule has 0 fully saturated rings. The lowest BCUT2D eigenvalue weighted by Crippen LogP contribution is -2.39. The maximum atomic E-state index is 9.73. The second kappa shape index (κ2) is 4.10. The largest absolute Gasteiger partial charge is 0.387 e. The number of hydrogen-bond donors (Lipinski definition) is 3. The van der Waals surface area contributed by atoms with Gasteiger partial charge < -0.3 is 24.9 Å². The molecule has 0 aromatic heterocycles. The van der Waals surface area contributed by atoms with E-state index in [4.69, 9.17) is 15.3 Å². The molecule has 5 heteroatoms. The molecular formula is C5H8O5. The van der Waals surface area contributed by atoms with Gasteiger partial charge in [0.05, 0.1) is 0 Å². The van der Waals surface area contributed by atoms with Crippen molar-refractivity contribution in [1.82, 2.24) is 0 Å². The predicted octanol–water partition coefficient (Wildman–Crippen LogP) is -2.53. The van der Waals surface area contributed by atoms with Gasteiger partial charge in [-0.05, 0) is 0 Å². The molecule has 0 aliphatic carbocycles. The summed E-state index contributed by atoms with van der Waals surface area (Å²) in [7, 11) is 0. The second-order valence-corrected chi connectivity index (χ2v) is 1.74. The van der Waals surface area contributed by atoms with Crippen LogP contribution in [-0.4, -0.2) is 46.2 Å². The SMILES string of the molecule is O=C[C@@H](O)C(O)[C@@H](O)C=O. The molecule has 0 amide bonds. The molecule has 1 unspecified atom stereocenters. The van der Waals surface area contributed by atoms with E-state index in [0.717, 1.165) is 0 Å². The third kappa shape index (κ3) is 2.22. The first-order valence-electron chi connectivity index (χ1n) is 2.58. The summed E-state index contributed by atoms with van der Waals surface area (Å²) in [5.41, 5.74) is 0. The first-order valence-corrected chi connectivity index (χ1v) is 2.58. The standard InChI is InChI=1S/C5H8O5/c6-1-3(8)5(10)4(9)2-7/h1-5,8-10H/t3-,4+,5?. The van der Waals surface area contributed by atoms with Gasteiger partial charge >= 0.3 is 0 Å². The molecule has 10 heavy (non-hydrogen) atoms. The number of carbonyl (C=O) groups excluding carboxylic acids is 2. The van der Waals surface area contributed by atoms with E-state index in [1.165, 1.54) is 0 Å². The van der Waals surface area contributed by atoms with Crippen molar-refractivity contribution in [2.24, 2.45) is 0 Å². The van der Waals surface area contributed by atoms with Gasteiger partial charge in [0.2, 0.25) is 0 Å². The quantitative estimate of drug-likeness (QED) is 0.382. The Hall–Kier alpha value is -0.780. The minimum absolute atomic E-state index is 0.0391. The predicted molar refractivity (Wildman–Crippen MR) is 30.1 cm³/mol. The summed E-state index contributed by atoms with van der Waals surface area (Å²) in [4.78, 5) is 19.5. The van der Waals surface area contributed by atoms with Gasteiger partial charge in [-0.1, -0.05) is 0 Å². The van der Waals surface area contributed by atoms with E-state index in [2.05, 4.69) is 0 Å². The van der Waals surface area contributed by atoms with Crippen LogP contribution in [0.5, 0.6) is 0 Å². The summed E-state index contributed by atoms with van der Waals surface area (Å²) < 4.78 is 0. The minimum Gasteiger partial charge on any atom is -0.387 e. The van der Waals surface area contributed by atoms with E-state index < -0.39 is 18.3 Å². The number of rotatable bonds is 4. The van der Waals surface area contributed by atoms with Gasteiger partial charge in [0, 0.05) is 0 Å². The number of aldehydes is 2. The van der Waals surface area contributed by atoms with Crippen LogP contribution in [0.1, 0.15) is 0 Å². The number of aliphatic hydroxyl groups excluding tert-OH is 3. The average molecular weight is 148 g/mol. The molecular weight excluding hydrogens is 140 g/mol. The van der Waals surface area contributed by atoms with Crippen LogP contribution in [0.2, 0.25) is 0 Å². The Morgan fingerprint density at radius 3 is 1.40 bits per heavy atom. The summed E-state index contributed by atoms with van der Waals surface area (Å²) in [5, 5.41) is 25.6. The van der Waals surface area contributed by atoms with Crippen LogP contribution in [0, 0.1) is 0 Å². The first-order chi connectivity index (χ1) is 4.63. The Bertz CT molecular complexity index is 109. The molecule has 0 heterocycles. The number of hydrogen-bond acceptors (Lipinski definition) is 5. The van der Waals surface area contributed by atoms with Crippen LogP contribution in [0.15, 0.2) is 0 Å². The first kappa shape index (κ1) is 9.22. The minimum atomic E-state index is -1.73. The van der Waals surface area contributed by atoms with Crippen molar-refractivity contribution < 1.29 is 24.9 Å². The van der Waals surface area contributed by atoms with Crippen LogP contribution in [0.25, 0.3) is 0 Å². The Kier molecular flexibility index (Phi) is 3.78. The summed E-state index contributed by atoms with van der Waals surface area (Å²) in [6, 6.07) is 0. The zero-order chi connectivity index (χ0) is 8.15. The molecule has 0 saturated carbocycles. The van der Waals surface area contributed by atoms with Crippen LogP contribution in [0.3, 0.4) is 0 Å². The van der Waals surface area contributed by atoms with Crippen molar-refractivity contribution >= 4 is 12.6 Å². The zero-order valence-corrected chi connectivity index (χ0v) is 5.04. The summed E-state index contributed by atoms with van der Waals surface area (Å²) >= 11 is 0. The van der Waals surface area contributed by atoms with E-state index in [-0.39, 0.29) is 12.6 Å². The van der Waals surface area contributed by atoms with Crippen molar-refractivity contribution in [1.29, 1.82) is 0 Å². The van der Waals surface area contributed by atoms with Gasteiger partial charge in [-0.15, -0.1) is 0 Å². The van der Waals surface area contributed by atoms with Gasteiger partial charge in [0.1, 0.15) is 18.3 Å². The molecule has 58 valence electrons. The third-order valence-corrected chi connectivity index (χ3v) is 0.979. The fourth-order valence-electron chi connectivity index (χ4n) is 0.363.